The molecule has 0 saturated heterocycles. The predicted octanol–water partition coefficient (Wildman–Crippen LogP) is 1.95. The number of hydrogen-bond donors (Lipinski definition) is 2. The van der Waals surface area contributed by atoms with Crippen molar-refractivity contribution in [1.29, 1.82) is 0 Å². The first kappa shape index (κ1) is 14.2. The van der Waals surface area contributed by atoms with Gasteiger partial charge in [0.25, 0.3) is 5.69 Å². The highest BCUT2D eigenvalue weighted by Gasteiger charge is 2.27. The van der Waals surface area contributed by atoms with Gasteiger partial charge in [-0.2, -0.15) is 0 Å². The van der Waals surface area contributed by atoms with Crippen molar-refractivity contribution in [2.24, 2.45) is 0 Å². The minimum absolute atomic E-state index is 0.137. The summed E-state index contributed by atoms with van der Waals surface area (Å²) < 4.78 is 27.3. The van der Waals surface area contributed by atoms with Gasteiger partial charge in [-0.15, -0.1) is 0 Å². The molecule has 1 atom stereocenters. The van der Waals surface area contributed by atoms with Crippen LogP contribution < -0.4 is 10.6 Å². The second kappa shape index (κ2) is 5.40. The summed E-state index contributed by atoms with van der Waals surface area (Å²) in [4.78, 5) is 21.2. The second-order valence-corrected chi connectivity index (χ2v) is 4.69. The number of amides is 1. The van der Waals surface area contributed by atoms with E-state index < -0.39 is 34.0 Å². The van der Waals surface area contributed by atoms with E-state index in [0.717, 1.165) is 12.8 Å². The number of non-ortho nitro benzene ring substituents is 1. The number of hydrogen-bond acceptors (Lipinski definition) is 4. The zero-order chi connectivity index (χ0) is 14.9. The Balaban J connectivity index is 2.11. The Hall–Kier alpha value is -2.25. The molecule has 1 amide bonds. The Labute approximate surface area is 113 Å². The third kappa shape index (κ3) is 3.19. The fourth-order valence-corrected chi connectivity index (χ4v) is 1.64. The average molecular weight is 285 g/mol. The number of nitro groups is 1. The highest BCUT2D eigenvalue weighted by Crippen LogP contribution is 2.25. The highest BCUT2D eigenvalue weighted by molar-refractivity contribution is 5.84. The molecule has 1 fully saturated rings. The number of carbonyl (C=O) groups is 1. The molecule has 20 heavy (non-hydrogen) atoms. The van der Waals surface area contributed by atoms with Crippen LogP contribution in [-0.4, -0.2) is 22.9 Å². The number of anilines is 1. The quantitative estimate of drug-likeness (QED) is 0.639. The van der Waals surface area contributed by atoms with Gasteiger partial charge in [0.15, 0.2) is 11.6 Å². The zero-order valence-electron chi connectivity index (χ0n) is 10.7. The lowest BCUT2D eigenvalue weighted by atomic mass is 10.2. The smallest absolute Gasteiger partial charge is 0.275 e. The lowest BCUT2D eigenvalue weighted by molar-refractivity contribution is -0.385. The van der Waals surface area contributed by atoms with Crippen molar-refractivity contribution in [3.8, 4) is 0 Å². The molecule has 1 unspecified atom stereocenters. The van der Waals surface area contributed by atoms with Crippen molar-refractivity contribution in [2.75, 3.05) is 5.32 Å². The molecule has 0 bridgehead atoms. The van der Waals surface area contributed by atoms with E-state index in [9.17, 15) is 23.7 Å². The van der Waals surface area contributed by atoms with Crippen molar-refractivity contribution in [1.82, 2.24) is 5.32 Å². The largest absolute Gasteiger partial charge is 0.369 e. The minimum Gasteiger partial charge on any atom is -0.369 e. The van der Waals surface area contributed by atoms with Gasteiger partial charge in [0, 0.05) is 6.04 Å². The molecular weight excluding hydrogens is 272 g/mol. The normalized spacial score (nSPS) is 15.6. The molecule has 108 valence electrons. The van der Waals surface area contributed by atoms with E-state index >= 15 is 0 Å². The summed E-state index contributed by atoms with van der Waals surface area (Å²) in [7, 11) is 0. The summed E-state index contributed by atoms with van der Waals surface area (Å²) in [6.45, 7) is 1.46. The maximum absolute atomic E-state index is 13.6. The summed E-state index contributed by atoms with van der Waals surface area (Å²) >= 11 is 0. The molecule has 2 N–H and O–H groups in total. The van der Waals surface area contributed by atoms with Gasteiger partial charge >= 0.3 is 0 Å². The fraction of sp³-hybridized carbons (Fsp3) is 0.417. The van der Waals surface area contributed by atoms with Crippen LogP contribution in [0.4, 0.5) is 20.2 Å². The van der Waals surface area contributed by atoms with Gasteiger partial charge in [0.2, 0.25) is 5.91 Å². The van der Waals surface area contributed by atoms with E-state index in [4.69, 9.17) is 0 Å². The number of nitrogens with zero attached hydrogens (tertiary/aromatic N) is 1. The summed E-state index contributed by atoms with van der Waals surface area (Å²) in [6, 6.07) is 0.507. The number of benzene rings is 1. The molecule has 1 aromatic carbocycles. The molecule has 0 radical (unpaired) electrons. The topological polar surface area (TPSA) is 84.3 Å². The van der Waals surface area contributed by atoms with E-state index in [1.54, 1.807) is 0 Å². The molecule has 0 aliphatic heterocycles. The molecular formula is C12H13F2N3O3. The molecule has 1 aliphatic rings. The monoisotopic (exact) mass is 285 g/mol. The summed E-state index contributed by atoms with van der Waals surface area (Å²) in [5.74, 6) is -2.59. The van der Waals surface area contributed by atoms with Crippen LogP contribution in [0.1, 0.15) is 19.8 Å². The summed E-state index contributed by atoms with van der Waals surface area (Å²) in [5, 5.41) is 15.5. The first-order chi connectivity index (χ1) is 9.38. The van der Waals surface area contributed by atoms with Crippen LogP contribution in [0.5, 0.6) is 0 Å². The molecule has 1 saturated carbocycles. The Bertz CT molecular complexity index is 538. The fourth-order valence-electron chi connectivity index (χ4n) is 1.64. The van der Waals surface area contributed by atoms with Crippen LogP contribution in [0.2, 0.25) is 0 Å². The van der Waals surface area contributed by atoms with Crippen LogP contribution in [0.25, 0.3) is 0 Å². The number of rotatable bonds is 5. The Morgan fingerprint density at radius 1 is 1.40 bits per heavy atom. The first-order valence-corrected chi connectivity index (χ1v) is 6.09. The van der Waals surface area contributed by atoms with Gasteiger partial charge in [-0.25, -0.2) is 8.78 Å². The van der Waals surface area contributed by atoms with Crippen molar-refractivity contribution >= 4 is 17.3 Å². The molecule has 8 heteroatoms. The van der Waals surface area contributed by atoms with Crippen LogP contribution in [0.3, 0.4) is 0 Å². The minimum atomic E-state index is -1.11. The van der Waals surface area contributed by atoms with Crippen molar-refractivity contribution < 1.29 is 18.5 Å². The number of nitro benzene ring substituents is 1. The molecule has 1 aromatic rings. The lowest BCUT2D eigenvalue weighted by Crippen LogP contribution is -2.39. The summed E-state index contributed by atoms with van der Waals surface area (Å²) in [6.07, 6.45) is 1.80. The van der Waals surface area contributed by atoms with Crippen LogP contribution in [0, 0.1) is 21.7 Å². The maximum Gasteiger partial charge on any atom is 0.275 e. The molecule has 0 spiro atoms. The SMILES string of the molecule is CC(Nc1c(F)cc([N+](=O)[O-])cc1F)C(=O)NC1CC1. The molecule has 1 aliphatic carbocycles. The maximum atomic E-state index is 13.6. The van der Waals surface area contributed by atoms with Crippen LogP contribution in [0.15, 0.2) is 12.1 Å². The van der Waals surface area contributed by atoms with Gasteiger partial charge in [-0.05, 0) is 19.8 Å². The van der Waals surface area contributed by atoms with E-state index in [1.807, 2.05) is 0 Å². The van der Waals surface area contributed by atoms with Gasteiger partial charge in [0.1, 0.15) is 11.7 Å². The van der Waals surface area contributed by atoms with Gasteiger partial charge < -0.3 is 10.6 Å². The number of nitrogens with one attached hydrogen (secondary N) is 2. The van der Waals surface area contributed by atoms with E-state index in [1.165, 1.54) is 6.92 Å². The molecule has 6 nitrogen and oxygen atoms in total. The highest BCUT2D eigenvalue weighted by atomic mass is 19.1. The van der Waals surface area contributed by atoms with Gasteiger partial charge in [-0.1, -0.05) is 0 Å². The van der Waals surface area contributed by atoms with Gasteiger partial charge in [-0.3, -0.25) is 14.9 Å². The number of halogens is 2. The molecule has 2 rings (SSSR count). The van der Waals surface area contributed by atoms with Gasteiger partial charge in [0.05, 0.1) is 17.1 Å². The van der Waals surface area contributed by atoms with Crippen molar-refractivity contribution in [3.63, 3.8) is 0 Å². The zero-order valence-corrected chi connectivity index (χ0v) is 10.7. The van der Waals surface area contributed by atoms with Crippen LogP contribution >= 0.6 is 0 Å². The molecule has 0 aromatic heterocycles. The van der Waals surface area contributed by atoms with Crippen molar-refractivity contribution in [3.05, 3.63) is 33.9 Å². The standard InChI is InChI=1S/C12H13F2N3O3/c1-6(12(18)16-7-2-3-7)15-11-9(13)4-8(17(19)20)5-10(11)14/h4-7,15H,2-3H2,1H3,(H,16,18). The van der Waals surface area contributed by atoms with E-state index in [2.05, 4.69) is 10.6 Å². The Morgan fingerprint density at radius 3 is 2.40 bits per heavy atom. The second-order valence-electron chi connectivity index (χ2n) is 4.69. The Morgan fingerprint density at radius 2 is 1.95 bits per heavy atom. The Kier molecular flexibility index (Phi) is 3.82. The number of carbonyl (C=O) groups excluding carboxylic acids is 1. The lowest BCUT2D eigenvalue weighted by Gasteiger charge is -2.16. The average Bonchev–Trinajstić information content (AvgIpc) is 3.16. The predicted molar refractivity (Wildman–Crippen MR) is 67.3 cm³/mol. The molecule has 0 heterocycles. The third-order valence-electron chi connectivity index (χ3n) is 2.92. The van der Waals surface area contributed by atoms with E-state index in [0.29, 0.717) is 12.1 Å². The van der Waals surface area contributed by atoms with E-state index in [-0.39, 0.29) is 11.9 Å². The van der Waals surface area contributed by atoms with Crippen molar-refractivity contribution in [2.45, 2.75) is 31.8 Å². The first-order valence-electron chi connectivity index (χ1n) is 6.09. The van der Waals surface area contributed by atoms with Crippen LogP contribution in [-0.2, 0) is 4.79 Å². The summed E-state index contributed by atoms with van der Waals surface area (Å²) in [5.41, 5.74) is -1.23. The third-order valence-corrected chi connectivity index (χ3v) is 2.92.